The van der Waals surface area contributed by atoms with Gasteiger partial charge in [-0.3, -0.25) is 14.9 Å². The Hall–Kier alpha value is -2.56. The van der Waals surface area contributed by atoms with Gasteiger partial charge in [-0.2, -0.15) is 0 Å². The number of nitrogens with zero attached hydrogens (tertiary/aromatic N) is 2. The zero-order valence-electron chi connectivity index (χ0n) is 10.5. The van der Waals surface area contributed by atoms with Crippen molar-refractivity contribution in [3.8, 4) is 11.1 Å². The van der Waals surface area contributed by atoms with E-state index < -0.39 is 11.7 Å². The highest BCUT2D eigenvalue weighted by Crippen LogP contribution is 2.17. The van der Waals surface area contributed by atoms with E-state index in [9.17, 15) is 9.59 Å². The molecule has 1 N–H and O–H groups in total. The maximum Gasteiger partial charge on any atom is 0.294 e. The fraction of sp³-hybridized carbons (Fsp3) is 0.143. The van der Waals surface area contributed by atoms with E-state index in [0.717, 1.165) is 11.1 Å². The zero-order chi connectivity index (χ0) is 13.7. The summed E-state index contributed by atoms with van der Waals surface area (Å²) in [4.78, 5) is 30.5. The molecule has 0 unspecified atom stereocenters. The third kappa shape index (κ3) is 3.22. The summed E-state index contributed by atoms with van der Waals surface area (Å²) >= 11 is 0. The number of anilines is 1. The molecule has 5 heteroatoms. The summed E-state index contributed by atoms with van der Waals surface area (Å²) in [5, 5.41) is 2.36. The van der Waals surface area contributed by atoms with Crippen LogP contribution in [0.25, 0.3) is 11.1 Å². The van der Waals surface area contributed by atoms with Crippen LogP contribution < -0.4 is 5.32 Å². The lowest BCUT2D eigenvalue weighted by molar-refractivity contribution is -0.134. The van der Waals surface area contributed by atoms with Crippen molar-refractivity contribution < 1.29 is 9.59 Å². The number of hydrogen-bond donors (Lipinski definition) is 1. The summed E-state index contributed by atoms with van der Waals surface area (Å²) < 4.78 is 0. The summed E-state index contributed by atoms with van der Waals surface area (Å²) in [6, 6.07) is 9.65. The molecule has 0 saturated heterocycles. The minimum Gasteiger partial charge on any atom is -0.289 e. The van der Waals surface area contributed by atoms with Crippen LogP contribution in [-0.4, -0.2) is 21.7 Å². The highest BCUT2D eigenvalue weighted by molar-refractivity contribution is 6.40. The van der Waals surface area contributed by atoms with Crippen LogP contribution in [0.1, 0.15) is 13.3 Å². The largest absolute Gasteiger partial charge is 0.294 e. The van der Waals surface area contributed by atoms with Crippen LogP contribution >= 0.6 is 0 Å². The van der Waals surface area contributed by atoms with Crippen LogP contribution in [0.2, 0.25) is 0 Å². The summed E-state index contributed by atoms with van der Waals surface area (Å²) in [7, 11) is 0. The lowest BCUT2D eigenvalue weighted by Gasteiger charge is -2.03. The number of carbonyl (C=O) groups is 2. The summed E-state index contributed by atoms with van der Waals surface area (Å²) in [6.45, 7) is 1.63. The van der Waals surface area contributed by atoms with Crippen LogP contribution in [0, 0.1) is 0 Å². The van der Waals surface area contributed by atoms with Crippen LogP contribution in [0.3, 0.4) is 0 Å². The predicted octanol–water partition coefficient (Wildman–Crippen LogP) is 2.06. The number of carbonyl (C=O) groups excluding carboxylic acids is 2. The van der Waals surface area contributed by atoms with E-state index in [2.05, 4.69) is 15.3 Å². The highest BCUT2D eigenvalue weighted by atomic mass is 16.2. The van der Waals surface area contributed by atoms with Crippen LogP contribution in [0.5, 0.6) is 0 Å². The van der Waals surface area contributed by atoms with Gasteiger partial charge >= 0.3 is 0 Å². The van der Waals surface area contributed by atoms with Gasteiger partial charge in [0.15, 0.2) is 0 Å². The molecular weight excluding hydrogens is 242 g/mol. The fourth-order valence-electron chi connectivity index (χ4n) is 1.50. The van der Waals surface area contributed by atoms with Crippen molar-refractivity contribution >= 4 is 17.6 Å². The molecule has 0 spiro atoms. The number of rotatable bonds is 4. The third-order valence-corrected chi connectivity index (χ3v) is 2.56. The molecule has 0 aliphatic heterocycles. The van der Waals surface area contributed by atoms with E-state index in [0.29, 0.717) is 0 Å². The molecule has 0 atom stereocenters. The maximum atomic E-state index is 11.4. The molecule has 0 aliphatic carbocycles. The van der Waals surface area contributed by atoms with Gasteiger partial charge in [-0.1, -0.05) is 37.3 Å². The first-order chi connectivity index (χ1) is 9.20. The molecule has 2 rings (SSSR count). The van der Waals surface area contributed by atoms with Crippen molar-refractivity contribution in [1.29, 1.82) is 0 Å². The Morgan fingerprint density at radius 3 is 2.26 bits per heavy atom. The number of aromatic nitrogens is 2. The smallest absolute Gasteiger partial charge is 0.289 e. The second kappa shape index (κ2) is 5.86. The van der Waals surface area contributed by atoms with E-state index >= 15 is 0 Å². The van der Waals surface area contributed by atoms with Crippen LogP contribution in [0.4, 0.5) is 5.95 Å². The van der Waals surface area contributed by atoms with Gasteiger partial charge < -0.3 is 0 Å². The lowest BCUT2D eigenvalue weighted by Crippen LogP contribution is -2.22. The van der Waals surface area contributed by atoms with Crippen LogP contribution in [-0.2, 0) is 9.59 Å². The first kappa shape index (κ1) is 12.9. The van der Waals surface area contributed by atoms with Gasteiger partial charge in [-0.15, -0.1) is 0 Å². The minimum atomic E-state index is -0.685. The average molecular weight is 255 g/mol. The van der Waals surface area contributed by atoms with Crippen molar-refractivity contribution in [2.45, 2.75) is 13.3 Å². The van der Waals surface area contributed by atoms with Gasteiger partial charge in [0.1, 0.15) is 0 Å². The zero-order valence-corrected chi connectivity index (χ0v) is 10.5. The Kier molecular flexibility index (Phi) is 3.97. The molecule has 1 amide bonds. The molecule has 0 fully saturated rings. The molecule has 1 aromatic carbocycles. The minimum absolute atomic E-state index is 0.131. The number of ketones is 1. The molecule has 0 radical (unpaired) electrons. The molecule has 5 nitrogen and oxygen atoms in total. The van der Waals surface area contributed by atoms with Gasteiger partial charge in [0.2, 0.25) is 11.7 Å². The molecule has 0 saturated carbocycles. The summed E-state index contributed by atoms with van der Waals surface area (Å²) in [5.74, 6) is -1.04. The standard InChI is InChI=1S/C14H13N3O2/c1-2-12(18)13(19)17-14-15-8-11(9-16-14)10-6-4-3-5-7-10/h3-9H,2H2,1H3,(H,15,16,17,19). The highest BCUT2D eigenvalue weighted by Gasteiger charge is 2.12. The Morgan fingerprint density at radius 1 is 1.05 bits per heavy atom. The number of amides is 1. The molecule has 1 heterocycles. The Bertz CT molecular complexity index is 579. The van der Waals surface area contributed by atoms with E-state index in [1.165, 1.54) is 0 Å². The van der Waals surface area contributed by atoms with Crippen molar-refractivity contribution in [2.24, 2.45) is 0 Å². The van der Waals surface area contributed by atoms with Gasteiger partial charge in [0, 0.05) is 24.4 Å². The topological polar surface area (TPSA) is 72.0 Å². The van der Waals surface area contributed by atoms with Crippen molar-refractivity contribution in [1.82, 2.24) is 9.97 Å². The molecular formula is C14H13N3O2. The summed E-state index contributed by atoms with van der Waals surface area (Å²) in [5.41, 5.74) is 1.84. The molecule has 0 bridgehead atoms. The van der Waals surface area contributed by atoms with Crippen molar-refractivity contribution in [3.63, 3.8) is 0 Å². The first-order valence-corrected chi connectivity index (χ1v) is 5.92. The van der Waals surface area contributed by atoms with Gasteiger partial charge in [-0.05, 0) is 5.56 Å². The molecule has 2 aromatic rings. The normalized spacial score (nSPS) is 9.95. The van der Waals surface area contributed by atoms with Crippen molar-refractivity contribution in [2.75, 3.05) is 5.32 Å². The second-order valence-corrected chi connectivity index (χ2v) is 3.89. The van der Waals surface area contributed by atoms with Gasteiger partial charge in [0.25, 0.3) is 5.91 Å². The fourth-order valence-corrected chi connectivity index (χ4v) is 1.50. The van der Waals surface area contributed by atoms with E-state index in [1.807, 2.05) is 30.3 Å². The van der Waals surface area contributed by atoms with E-state index in [4.69, 9.17) is 0 Å². The molecule has 1 aromatic heterocycles. The lowest BCUT2D eigenvalue weighted by atomic mass is 10.1. The average Bonchev–Trinajstić information content (AvgIpc) is 2.48. The van der Waals surface area contributed by atoms with Gasteiger partial charge in [-0.25, -0.2) is 9.97 Å². The van der Waals surface area contributed by atoms with E-state index in [-0.39, 0.29) is 12.4 Å². The SMILES string of the molecule is CCC(=O)C(=O)Nc1ncc(-c2ccccc2)cn1. The number of Topliss-reactive ketones (excluding diaryl/α,β-unsaturated/α-hetero) is 1. The first-order valence-electron chi connectivity index (χ1n) is 5.92. The number of benzene rings is 1. The van der Waals surface area contributed by atoms with Crippen molar-refractivity contribution in [3.05, 3.63) is 42.7 Å². The molecule has 0 aliphatic rings. The third-order valence-electron chi connectivity index (χ3n) is 2.56. The van der Waals surface area contributed by atoms with Crippen LogP contribution in [0.15, 0.2) is 42.7 Å². The second-order valence-electron chi connectivity index (χ2n) is 3.89. The van der Waals surface area contributed by atoms with Gasteiger partial charge in [0.05, 0.1) is 0 Å². The summed E-state index contributed by atoms with van der Waals surface area (Å²) in [6.07, 6.45) is 3.37. The predicted molar refractivity (Wildman–Crippen MR) is 71.4 cm³/mol. The molecule has 19 heavy (non-hydrogen) atoms. The Balaban J connectivity index is 2.11. The Labute approximate surface area is 110 Å². The quantitative estimate of drug-likeness (QED) is 0.849. The Morgan fingerprint density at radius 2 is 1.68 bits per heavy atom. The van der Waals surface area contributed by atoms with E-state index in [1.54, 1.807) is 19.3 Å². The maximum absolute atomic E-state index is 11.4. The number of hydrogen-bond acceptors (Lipinski definition) is 4. The number of nitrogens with one attached hydrogen (secondary N) is 1. The monoisotopic (exact) mass is 255 g/mol. The molecule has 96 valence electrons.